The van der Waals surface area contributed by atoms with Crippen molar-refractivity contribution >= 4 is 40.8 Å². The summed E-state index contributed by atoms with van der Waals surface area (Å²) in [4.78, 5) is 1.89. The summed E-state index contributed by atoms with van der Waals surface area (Å²) in [6.45, 7) is 0. The molecule has 0 heterocycles. The summed E-state index contributed by atoms with van der Waals surface area (Å²) in [7, 11) is 3.74. The van der Waals surface area contributed by atoms with E-state index < -0.39 is 34.3 Å². The fraction of sp³-hybridized carbons (Fsp3) is 0.133. The molecule has 4 rings (SSSR count). The van der Waals surface area contributed by atoms with Gasteiger partial charge in [0.05, 0.1) is 11.1 Å². The minimum Gasteiger partial charge on any atom is -0.378 e. The van der Waals surface area contributed by atoms with E-state index in [1.807, 2.05) is 31.1 Å². The van der Waals surface area contributed by atoms with E-state index in [0.717, 1.165) is 30.0 Å². The first-order valence-electron chi connectivity index (χ1n) is 11.4. The summed E-state index contributed by atoms with van der Waals surface area (Å²) in [6.07, 6.45) is -4.15. The molecule has 0 bridgehead atoms. The molecule has 37 heavy (non-hydrogen) atoms. The van der Waals surface area contributed by atoms with Crippen molar-refractivity contribution in [3.8, 4) is 0 Å². The molecule has 0 aliphatic heterocycles. The molecule has 0 saturated carbocycles. The molecule has 0 amide bonds. The van der Waals surface area contributed by atoms with Crippen LogP contribution in [0, 0.1) is 0 Å². The van der Waals surface area contributed by atoms with Gasteiger partial charge in [0.2, 0.25) is 0 Å². The van der Waals surface area contributed by atoms with Crippen molar-refractivity contribution in [2.24, 2.45) is 0 Å². The van der Waals surface area contributed by atoms with Crippen LogP contribution < -0.4 is 4.90 Å². The maximum Gasteiger partial charge on any atom is 0.417 e. The third-order valence-corrected chi connectivity index (χ3v) is 5.95. The number of nitrogens with zero attached hydrogens (tertiary/aromatic N) is 1. The minimum absolute atomic E-state index is 0.207. The SMILES string of the molecule is CN(C)c1ccc(C=Cc2ccc3c(C(F)(F)F)c(C=Cc4ccccc4)ccc3c2C(F)(F)F)cc1. The Kier molecular flexibility index (Phi) is 7.16. The van der Waals surface area contributed by atoms with Gasteiger partial charge in [-0.3, -0.25) is 0 Å². The number of halogens is 6. The van der Waals surface area contributed by atoms with Gasteiger partial charge >= 0.3 is 12.4 Å². The van der Waals surface area contributed by atoms with E-state index in [1.165, 1.54) is 24.3 Å². The van der Waals surface area contributed by atoms with Crippen LogP contribution in [-0.2, 0) is 12.4 Å². The topological polar surface area (TPSA) is 3.24 Å². The molecule has 0 radical (unpaired) electrons. The number of hydrogen-bond acceptors (Lipinski definition) is 1. The lowest BCUT2D eigenvalue weighted by Gasteiger charge is -2.19. The van der Waals surface area contributed by atoms with Crippen molar-refractivity contribution in [3.63, 3.8) is 0 Å². The van der Waals surface area contributed by atoms with Gasteiger partial charge in [-0.2, -0.15) is 26.3 Å². The van der Waals surface area contributed by atoms with Crippen LogP contribution in [0.4, 0.5) is 32.0 Å². The standard InChI is InChI=1S/C30H23F6N/c1-37(2)24-16-10-21(11-17-24)9-13-23-15-19-25-26(28(23)30(34,35)36)18-14-22(27(25)29(31,32)33)12-8-20-6-4-3-5-7-20/h3-19H,1-2H3. The smallest absolute Gasteiger partial charge is 0.378 e. The van der Waals surface area contributed by atoms with Crippen LogP contribution in [0.25, 0.3) is 35.1 Å². The highest BCUT2D eigenvalue weighted by molar-refractivity contribution is 5.96. The average molecular weight is 512 g/mol. The number of fused-ring (bicyclic) bond motifs is 1. The molecule has 0 aliphatic carbocycles. The third-order valence-electron chi connectivity index (χ3n) is 5.95. The van der Waals surface area contributed by atoms with Gasteiger partial charge in [0.1, 0.15) is 0 Å². The van der Waals surface area contributed by atoms with Crippen LogP contribution in [-0.4, -0.2) is 14.1 Å². The molecule has 4 aromatic carbocycles. The molecular formula is C30H23F6N. The average Bonchev–Trinajstić information content (AvgIpc) is 2.85. The van der Waals surface area contributed by atoms with E-state index in [4.69, 9.17) is 0 Å². The molecule has 0 aromatic heterocycles. The molecule has 0 atom stereocenters. The molecule has 0 unspecified atom stereocenters. The second-order valence-corrected chi connectivity index (χ2v) is 8.71. The molecule has 0 aliphatic rings. The summed E-state index contributed by atoms with van der Waals surface area (Å²) in [5.74, 6) is 0. The molecular weight excluding hydrogens is 488 g/mol. The van der Waals surface area contributed by atoms with Crippen molar-refractivity contribution in [2.45, 2.75) is 12.4 Å². The van der Waals surface area contributed by atoms with Crippen LogP contribution in [0.15, 0.2) is 78.9 Å². The summed E-state index contributed by atoms with van der Waals surface area (Å²) < 4.78 is 85.1. The highest BCUT2D eigenvalue weighted by atomic mass is 19.4. The number of anilines is 1. The van der Waals surface area contributed by atoms with Gasteiger partial charge in [-0.1, -0.05) is 91.0 Å². The number of hydrogen-bond donors (Lipinski definition) is 0. The highest BCUT2D eigenvalue weighted by Crippen LogP contribution is 2.44. The molecule has 7 heteroatoms. The minimum atomic E-state index is -4.86. The molecule has 0 fully saturated rings. The fourth-order valence-electron chi connectivity index (χ4n) is 4.17. The second-order valence-electron chi connectivity index (χ2n) is 8.71. The Labute approximate surface area is 211 Å². The lowest BCUT2D eigenvalue weighted by atomic mass is 9.91. The zero-order valence-corrected chi connectivity index (χ0v) is 20.0. The van der Waals surface area contributed by atoms with Crippen molar-refractivity contribution in [1.29, 1.82) is 0 Å². The molecule has 4 aromatic rings. The van der Waals surface area contributed by atoms with E-state index in [1.54, 1.807) is 42.5 Å². The fourth-order valence-corrected chi connectivity index (χ4v) is 4.17. The van der Waals surface area contributed by atoms with Gasteiger partial charge in [0.25, 0.3) is 0 Å². The van der Waals surface area contributed by atoms with Crippen molar-refractivity contribution in [2.75, 3.05) is 19.0 Å². The predicted molar refractivity (Wildman–Crippen MR) is 139 cm³/mol. The second kappa shape index (κ2) is 10.2. The molecule has 0 N–H and O–H groups in total. The van der Waals surface area contributed by atoms with E-state index in [-0.39, 0.29) is 11.1 Å². The van der Waals surface area contributed by atoms with Gasteiger partial charge < -0.3 is 4.90 Å². The summed E-state index contributed by atoms with van der Waals surface area (Å²) in [5, 5.41) is -0.996. The molecule has 190 valence electrons. The van der Waals surface area contributed by atoms with E-state index in [9.17, 15) is 26.3 Å². The van der Waals surface area contributed by atoms with E-state index >= 15 is 0 Å². The Morgan fingerprint density at radius 1 is 0.514 bits per heavy atom. The zero-order chi connectivity index (χ0) is 26.8. The largest absolute Gasteiger partial charge is 0.417 e. The first kappa shape index (κ1) is 26.1. The van der Waals surface area contributed by atoms with Crippen LogP contribution in [0.3, 0.4) is 0 Å². The first-order valence-corrected chi connectivity index (χ1v) is 11.4. The summed E-state index contributed by atoms with van der Waals surface area (Å²) in [6, 6.07) is 20.3. The van der Waals surface area contributed by atoms with Gasteiger partial charge in [-0.15, -0.1) is 0 Å². The number of rotatable bonds is 5. The maximum atomic E-state index is 14.2. The Hall–Kier alpha value is -4.00. The zero-order valence-electron chi connectivity index (χ0n) is 20.0. The van der Waals surface area contributed by atoms with Gasteiger partial charge in [0, 0.05) is 19.8 Å². The van der Waals surface area contributed by atoms with Crippen molar-refractivity contribution < 1.29 is 26.3 Å². The number of benzene rings is 4. The molecule has 1 nitrogen and oxygen atoms in total. The Balaban J connectivity index is 1.85. The quantitative estimate of drug-likeness (QED) is 0.191. The summed E-state index contributed by atoms with van der Waals surface area (Å²) in [5.41, 5.74) is -0.357. The lowest BCUT2D eigenvalue weighted by Crippen LogP contribution is -2.12. The summed E-state index contributed by atoms with van der Waals surface area (Å²) >= 11 is 0. The van der Waals surface area contributed by atoms with E-state index in [0.29, 0.717) is 11.1 Å². The molecule has 0 spiro atoms. The van der Waals surface area contributed by atoms with Crippen LogP contribution >= 0.6 is 0 Å². The monoisotopic (exact) mass is 511 g/mol. The highest BCUT2D eigenvalue weighted by Gasteiger charge is 2.39. The maximum absolute atomic E-state index is 14.2. The number of alkyl halides is 6. The lowest BCUT2D eigenvalue weighted by molar-refractivity contribution is -0.138. The Morgan fingerprint density at radius 2 is 0.946 bits per heavy atom. The van der Waals surface area contributed by atoms with Crippen LogP contribution in [0.2, 0.25) is 0 Å². The first-order chi connectivity index (χ1) is 17.4. The van der Waals surface area contributed by atoms with Crippen molar-refractivity contribution in [3.05, 3.63) is 112 Å². The van der Waals surface area contributed by atoms with Crippen LogP contribution in [0.5, 0.6) is 0 Å². The van der Waals surface area contributed by atoms with E-state index in [2.05, 4.69) is 0 Å². The normalized spacial score (nSPS) is 12.6. The van der Waals surface area contributed by atoms with Crippen LogP contribution in [0.1, 0.15) is 33.4 Å². The third kappa shape index (κ3) is 5.88. The van der Waals surface area contributed by atoms with Gasteiger partial charge in [-0.25, -0.2) is 0 Å². The van der Waals surface area contributed by atoms with Crippen molar-refractivity contribution in [1.82, 2.24) is 0 Å². The van der Waals surface area contributed by atoms with Gasteiger partial charge in [-0.05, 0) is 45.2 Å². The molecule has 0 saturated heterocycles. The Morgan fingerprint density at radius 3 is 1.35 bits per heavy atom. The Bertz CT molecular complexity index is 1440. The van der Waals surface area contributed by atoms with Gasteiger partial charge in [0.15, 0.2) is 0 Å². The predicted octanol–water partition coefficient (Wildman–Crippen LogP) is 9.28.